The van der Waals surface area contributed by atoms with Crippen molar-refractivity contribution in [3.8, 4) is 17.2 Å². The number of ether oxygens (including phenoxy) is 4. The molecular formula is C25H32N2O8S. The van der Waals surface area contributed by atoms with Gasteiger partial charge in [-0.1, -0.05) is 18.2 Å². The Hall–Kier alpha value is -2.86. The Morgan fingerprint density at radius 1 is 0.972 bits per heavy atom. The molecule has 1 unspecified atom stereocenters. The van der Waals surface area contributed by atoms with Crippen LogP contribution in [0.3, 0.4) is 0 Å². The topological polar surface area (TPSA) is 113 Å². The standard InChI is InChI=1S/C25H32N2O8S/c1-31-20-11-12-21(32-2)24(23(20)25(28)26-35-22-10-6-7-17-33-22)36(29,30)27-15-13-19(14-16-27)34-18-8-4-3-5-9-18/h3-5,8-9,11-12,19,22H,6-7,10,13-17H2,1-2H3,(H,26,28). The Balaban J connectivity index is 1.55. The normalized spacial score (nSPS) is 19.4. The number of nitrogens with zero attached hydrogens (tertiary/aromatic N) is 1. The van der Waals surface area contributed by atoms with E-state index in [-0.39, 0.29) is 41.2 Å². The second kappa shape index (κ2) is 11.9. The van der Waals surface area contributed by atoms with Gasteiger partial charge in [-0.25, -0.2) is 18.7 Å². The molecule has 0 bridgehead atoms. The van der Waals surface area contributed by atoms with Gasteiger partial charge in [0.15, 0.2) is 6.29 Å². The number of hydroxylamine groups is 1. The van der Waals surface area contributed by atoms with E-state index in [0.29, 0.717) is 25.9 Å². The summed E-state index contributed by atoms with van der Waals surface area (Å²) in [5.41, 5.74) is 2.16. The molecule has 2 aromatic rings. The molecule has 1 amide bonds. The zero-order valence-corrected chi connectivity index (χ0v) is 21.3. The van der Waals surface area contributed by atoms with Crippen molar-refractivity contribution >= 4 is 15.9 Å². The lowest BCUT2D eigenvalue weighted by atomic mass is 10.1. The first kappa shape index (κ1) is 26.2. The van der Waals surface area contributed by atoms with Gasteiger partial charge in [-0.2, -0.15) is 4.31 Å². The van der Waals surface area contributed by atoms with E-state index >= 15 is 0 Å². The average molecular weight is 521 g/mol. The van der Waals surface area contributed by atoms with Crippen LogP contribution in [0.1, 0.15) is 42.5 Å². The quantitative estimate of drug-likeness (QED) is 0.502. The van der Waals surface area contributed by atoms with Crippen molar-refractivity contribution in [1.29, 1.82) is 0 Å². The van der Waals surface area contributed by atoms with Crippen LogP contribution in [0, 0.1) is 0 Å². The number of hydrogen-bond donors (Lipinski definition) is 1. The predicted octanol–water partition coefficient (Wildman–Crippen LogP) is 3.12. The van der Waals surface area contributed by atoms with Crippen LogP contribution in [0.15, 0.2) is 47.4 Å². The van der Waals surface area contributed by atoms with Crippen molar-refractivity contribution in [3.63, 3.8) is 0 Å². The van der Waals surface area contributed by atoms with Gasteiger partial charge >= 0.3 is 0 Å². The molecule has 2 aromatic carbocycles. The van der Waals surface area contributed by atoms with Crippen LogP contribution in [0.5, 0.6) is 17.2 Å². The van der Waals surface area contributed by atoms with Crippen LogP contribution in [-0.4, -0.2) is 64.9 Å². The molecular weight excluding hydrogens is 488 g/mol. The van der Waals surface area contributed by atoms with Crippen molar-refractivity contribution in [2.75, 3.05) is 33.9 Å². The Kier molecular flexibility index (Phi) is 8.68. The van der Waals surface area contributed by atoms with E-state index in [0.717, 1.165) is 18.6 Å². The number of piperidine rings is 1. The number of para-hydroxylation sites is 1. The average Bonchev–Trinajstić information content (AvgIpc) is 2.92. The molecule has 1 atom stereocenters. The molecule has 4 rings (SSSR count). The van der Waals surface area contributed by atoms with E-state index in [1.165, 1.54) is 30.7 Å². The first-order valence-electron chi connectivity index (χ1n) is 12.0. The molecule has 2 aliphatic rings. The highest BCUT2D eigenvalue weighted by atomic mass is 32.2. The maximum atomic E-state index is 13.8. The summed E-state index contributed by atoms with van der Waals surface area (Å²) < 4.78 is 51.2. The van der Waals surface area contributed by atoms with Gasteiger partial charge in [-0.3, -0.25) is 4.79 Å². The highest BCUT2D eigenvalue weighted by molar-refractivity contribution is 7.89. The first-order chi connectivity index (χ1) is 17.4. The fourth-order valence-electron chi connectivity index (χ4n) is 4.33. The molecule has 11 heteroatoms. The molecule has 2 heterocycles. The fraction of sp³-hybridized carbons (Fsp3) is 0.480. The minimum Gasteiger partial charge on any atom is -0.496 e. The van der Waals surface area contributed by atoms with Crippen molar-refractivity contribution < 1.29 is 37.0 Å². The lowest BCUT2D eigenvalue weighted by molar-refractivity contribution is -0.186. The minimum absolute atomic E-state index is 0.0394. The minimum atomic E-state index is -4.13. The number of sulfonamides is 1. The molecule has 0 spiro atoms. The number of amides is 1. The molecule has 36 heavy (non-hydrogen) atoms. The van der Waals surface area contributed by atoms with Gasteiger partial charge in [0.2, 0.25) is 10.0 Å². The number of benzene rings is 2. The van der Waals surface area contributed by atoms with Gasteiger partial charge in [0.1, 0.15) is 33.8 Å². The molecule has 10 nitrogen and oxygen atoms in total. The van der Waals surface area contributed by atoms with Crippen LogP contribution in [0.25, 0.3) is 0 Å². The molecule has 196 valence electrons. The van der Waals surface area contributed by atoms with Crippen LogP contribution in [-0.2, 0) is 19.6 Å². The third-order valence-corrected chi connectivity index (χ3v) is 8.18. The van der Waals surface area contributed by atoms with Crippen molar-refractivity contribution in [2.24, 2.45) is 0 Å². The van der Waals surface area contributed by atoms with E-state index < -0.39 is 22.2 Å². The molecule has 0 radical (unpaired) electrons. The number of rotatable bonds is 9. The van der Waals surface area contributed by atoms with Crippen molar-refractivity contribution in [1.82, 2.24) is 9.79 Å². The molecule has 0 aliphatic carbocycles. The Labute approximate surface area is 211 Å². The summed E-state index contributed by atoms with van der Waals surface area (Å²) >= 11 is 0. The summed E-state index contributed by atoms with van der Waals surface area (Å²) in [5, 5.41) is 0. The summed E-state index contributed by atoms with van der Waals surface area (Å²) in [7, 11) is -1.40. The van der Waals surface area contributed by atoms with Crippen molar-refractivity contribution in [2.45, 2.75) is 49.4 Å². The smallest absolute Gasteiger partial charge is 0.280 e. The van der Waals surface area contributed by atoms with Crippen LogP contribution >= 0.6 is 0 Å². The Bertz CT molecular complexity index is 1130. The zero-order chi connectivity index (χ0) is 25.5. The second-order valence-electron chi connectivity index (χ2n) is 8.55. The fourth-order valence-corrected chi connectivity index (χ4v) is 6.14. The molecule has 2 saturated heterocycles. The summed E-state index contributed by atoms with van der Waals surface area (Å²) in [6, 6.07) is 12.4. The number of carbonyl (C=O) groups excluding carboxylic acids is 1. The van der Waals surface area contributed by atoms with E-state index in [1.54, 1.807) is 0 Å². The van der Waals surface area contributed by atoms with E-state index in [9.17, 15) is 13.2 Å². The van der Waals surface area contributed by atoms with Crippen molar-refractivity contribution in [3.05, 3.63) is 48.0 Å². The monoisotopic (exact) mass is 520 g/mol. The molecule has 0 aromatic heterocycles. The largest absolute Gasteiger partial charge is 0.496 e. The molecule has 2 fully saturated rings. The highest BCUT2D eigenvalue weighted by Crippen LogP contribution is 2.37. The Morgan fingerprint density at radius 3 is 2.31 bits per heavy atom. The van der Waals surface area contributed by atoms with Gasteiger partial charge < -0.3 is 18.9 Å². The van der Waals surface area contributed by atoms with E-state index in [1.807, 2.05) is 30.3 Å². The van der Waals surface area contributed by atoms with Gasteiger partial charge in [0.05, 0.1) is 14.2 Å². The number of methoxy groups -OCH3 is 2. The third kappa shape index (κ3) is 5.92. The van der Waals surface area contributed by atoms with E-state index in [4.69, 9.17) is 23.8 Å². The lowest BCUT2D eigenvalue weighted by Crippen LogP contribution is -2.42. The van der Waals surface area contributed by atoms with Crippen LogP contribution < -0.4 is 19.7 Å². The number of hydrogen-bond acceptors (Lipinski definition) is 8. The maximum Gasteiger partial charge on any atom is 0.280 e. The maximum absolute atomic E-state index is 13.8. The molecule has 0 saturated carbocycles. The van der Waals surface area contributed by atoms with E-state index in [2.05, 4.69) is 5.48 Å². The zero-order valence-electron chi connectivity index (χ0n) is 20.5. The van der Waals surface area contributed by atoms with Crippen LogP contribution in [0.2, 0.25) is 0 Å². The second-order valence-corrected chi connectivity index (χ2v) is 10.4. The van der Waals surface area contributed by atoms with Gasteiger partial charge in [-0.05, 0) is 49.9 Å². The number of carbonyl (C=O) groups is 1. The third-order valence-electron chi connectivity index (χ3n) is 6.22. The van der Waals surface area contributed by atoms with Gasteiger partial charge in [0.25, 0.3) is 5.91 Å². The Morgan fingerprint density at radius 2 is 1.67 bits per heavy atom. The van der Waals surface area contributed by atoms with Gasteiger partial charge in [0, 0.05) is 26.1 Å². The SMILES string of the molecule is COc1ccc(OC)c(S(=O)(=O)N2CCC(Oc3ccccc3)CC2)c1C(=O)NOC1CCCCO1. The van der Waals surface area contributed by atoms with Gasteiger partial charge in [-0.15, -0.1) is 0 Å². The summed E-state index contributed by atoms with van der Waals surface area (Å²) in [4.78, 5) is 18.4. The molecule has 2 aliphatic heterocycles. The lowest BCUT2D eigenvalue weighted by Gasteiger charge is -2.32. The first-order valence-corrected chi connectivity index (χ1v) is 13.4. The summed E-state index contributed by atoms with van der Waals surface area (Å²) in [6.07, 6.45) is 2.76. The highest BCUT2D eigenvalue weighted by Gasteiger charge is 2.37. The summed E-state index contributed by atoms with van der Waals surface area (Å²) in [5.74, 6) is 0.106. The summed E-state index contributed by atoms with van der Waals surface area (Å²) in [6.45, 7) is 0.994. The van der Waals surface area contributed by atoms with Crippen LogP contribution in [0.4, 0.5) is 0 Å². The molecule has 1 N–H and O–H groups in total. The predicted molar refractivity (Wildman–Crippen MR) is 131 cm³/mol. The number of nitrogens with one attached hydrogen (secondary N) is 1.